The second-order valence-electron chi connectivity index (χ2n) is 6.30. The van der Waals surface area contributed by atoms with Gasteiger partial charge in [-0.05, 0) is 48.7 Å². The number of halogens is 2. The Kier molecular flexibility index (Phi) is 6.42. The number of nitrogen functional groups attached to an aromatic ring is 1. The Bertz CT molecular complexity index is 1060. The van der Waals surface area contributed by atoms with Gasteiger partial charge in [0.2, 0.25) is 5.88 Å². The highest BCUT2D eigenvalue weighted by Crippen LogP contribution is 2.36. The second-order valence-corrected chi connectivity index (χ2v) is 7.15. The number of benzene rings is 2. The molecule has 0 aliphatic heterocycles. The van der Waals surface area contributed by atoms with Crippen LogP contribution in [0.5, 0.6) is 5.88 Å². The van der Waals surface area contributed by atoms with E-state index in [1.54, 1.807) is 18.2 Å². The van der Waals surface area contributed by atoms with Crippen LogP contribution in [-0.2, 0) is 0 Å². The molecule has 3 N–H and O–H groups in total. The molecule has 0 radical (unpaired) electrons. The van der Waals surface area contributed by atoms with Crippen molar-refractivity contribution in [1.29, 1.82) is 5.26 Å². The molecule has 0 aliphatic carbocycles. The van der Waals surface area contributed by atoms with E-state index in [1.807, 2.05) is 32.0 Å². The number of ether oxygens (including phenoxy) is 1. The Morgan fingerprint density at radius 3 is 2.59 bits per heavy atom. The highest BCUT2D eigenvalue weighted by Gasteiger charge is 2.19. The van der Waals surface area contributed by atoms with Gasteiger partial charge in [-0.1, -0.05) is 41.4 Å². The molecule has 0 fully saturated rings. The van der Waals surface area contributed by atoms with Crippen LogP contribution < -0.4 is 15.8 Å². The lowest BCUT2D eigenvalue weighted by atomic mass is 9.91. The number of nitriles is 1. The summed E-state index contributed by atoms with van der Waals surface area (Å²) in [5.41, 5.74) is 9.54. The number of aryl methyl sites for hydroxylation is 1. The van der Waals surface area contributed by atoms with E-state index in [1.165, 1.54) is 6.33 Å². The maximum atomic E-state index is 9.73. The third-order valence-electron chi connectivity index (χ3n) is 4.37. The summed E-state index contributed by atoms with van der Waals surface area (Å²) in [6.45, 7) is 4.21. The summed E-state index contributed by atoms with van der Waals surface area (Å²) in [7, 11) is 0. The molecular weight excluding hydrogens is 409 g/mol. The van der Waals surface area contributed by atoms with Crippen LogP contribution >= 0.6 is 23.2 Å². The smallest absolute Gasteiger partial charge is 0.242 e. The van der Waals surface area contributed by atoms with Gasteiger partial charge >= 0.3 is 0 Å². The quantitative estimate of drug-likeness (QED) is 0.540. The minimum absolute atomic E-state index is 0.310. The van der Waals surface area contributed by atoms with Gasteiger partial charge in [0, 0.05) is 15.7 Å². The standard InChI is InChI=1S/C21H19Cl2N5O/c1-3-29-21-19(25)20(26-11-27-21)28-18-9-17(23)15(8-12(18)2)16(10-24)13-4-6-14(22)7-5-13/h4-9,11,16H,3,25H2,1-2H3,(H,26,27,28). The summed E-state index contributed by atoms with van der Waals surface area (Å²) >= 11 is 12.5. The van der Waals surface area contributed by atoms with E-state index >= 15 is 0 Å². The first-order valence-corrected chi connectivity index (χ1v) is 9.65. The summed E-state index contributed by atoms with van der Waals surface area (Å²) < 4.78 is 5.40. The molecule has 148 valence electrons. The van der Waals surface area contributed by atoms with Gasteiger partial charge in [-0.25, -0.2) is 4.98 Å². The van der Waals surface area contributed by atoms with Crippen LogP contribution in [0.3, 0.4) is 0 Å². The summed E-state index contributed by atoms with van der Waals surface area (Å²) in [5.74, 6) is 0.226. The Labute approximate surface area is 179 Å². The molecule has 1 unspecified atom stereocenters. The van der Waals surface area contributed by atoms with E-state index in [4.69, 9.17) is 33.7 Å². The Hall–Kier alpha value is -3.01. The van der Waals surface area contributed by atoms with E-state index in [9.17, 15) is 5.26 Å². The second kappa shape index (κ2) is 8.99. The van der Waals surface area contributed by atoms with Gasteiger partial charge in [-0.2, -0.15) is 10.2 Å². The fourth-order valence-corrected chi connectivity index (χ4v) is 3.30. The molecule has 1 aromatic heterocycles. The highest BCUT2D eigenvalue weighted by atomic mass is 35.5. The maximum absolute atomic E-state index is 9.73. The number of anilines is 3. The molecular formula is C21H19Cl2N5O. The average Bonchev–Trinajstić information content (AvgIpc) is 2.70. The number of nitrogens with zero attached hydrogens (tertiary/aromatic N) is 3. The summed E-state index contributed by atoms with van der Waals surface area (Å²) in [6.07, 6.45) is 1.38. The fourth-order valence-electron chi connectivity index (χ4n) is 2.90. The van der Waals surface area contributed by atoms with Crippen molar-refractivity contribution >= 4 is 40.4 Å². The van der Waals surface area contributed by atoms with Crippen LogP contribution in [0.15, 0.2) is 42.7 Å². The van der Waals surface area contributed by atoms with E-state index in [0.717, 1.165) is 16.8 Å². The molecule has 1 atom stereocenters. The summed E-state index contributed by atoms with van der Waals surface area (Å²) in [5, 5.41) is 14.0. The topological polar surface area (TPSA) is 96.9 Å². The van der Waals surface area contributed by atoms with Crippen LogP contribution in [0.2, 0.25) is 10.0 Å². The average molecular weight is 428 g/mol. The number of hydrogen-bond donors (Lipinski definition) is 2. The molecule has 0 spiro atoms. The highest BCUT2D eigenvalue weighted by molar-refractivity contribution is 6.32. The van der Waals surface area contributed by atoms with Gasteiger partial charge in [0.1, 0.15) is 12.0 Å². The predicted molar refractivity (Wildman–Crippen MR) is 116 cm³/mol. The number of nitrogens with two attached hydrogens (primary N) is 1. The molecule has 0 bridgehead atoms. The third-order valence-corrected chi connectivity index (χ3v) is 4.95. The first kappa shape index (κ1) is 20.7. The molecule has 0 saturated carbocycles. The Morgan fingerprint density at radius 2 is 1.93 bits per heavy atom. The number of nitrogens with one attached hydrogen (secondary N) is 1. The minimum Gasteiger partial charge on any atom is -0.476 e. The molecule has 0 amide bonds. The largest absolute Gasteiger partial charge is 0.476 e. The van der Waals surface area contributed by atoms with Crippen LogP contribution in [0.25, 0.3) is 0 Å². The van der Waals surface area contributed by atoms with E-state index in [0.29, 0.717) is 39.6 Å². The lowest BCUT2D eigenvalue weighted by Gasteiger charge is -2.17. The van der Waals surface area contributed by atoms with Crippen molar-refractivity contribution in [2.24, 2.45) is 0 Å². The van der Waals surface area contributed by atoms with Gasteiger partial charge in [-0.15, -0.1) is 0 Å². The van der Waals surface area contributed by atoms with Gasteiger partial charge in [0.05, 0.1) is 18.6 Å². The number of rotatable bonds is 6. The van der Waals surface area contributed by atoms with Crippen molar-refractivity contribution < 1.29 is 4.74 Å². The normalized spacial score (nSPS) is 11.6. The van der Waals surface area contributed by atoms with Crippen LogP contribution in [-0.4, -0.2) is 16.6 Å². The van der Waals surface area contributed by atoms with Crippen molar-refractivity contribution in [3.8, 4) is 11.9 Å². The van der Waals surface area contributed by atoms with E-state index < -0.39 is 5.92 Å². The van der Waals surface area contributed by atoms with E-state index in [2.05, 4.69) is 21.4 Å². The third kappa shape index (κ3) is 4.53. The SMILES string of the molecule is CCOc1ncnc(Nc2cc(Cl)c(C(C#N)c3ccc(Cl)cc3)cc2C)c1N. The molecule has 2 aromatic carbocycles. The first-order valence-electron chi connectivity index (χ1n) is 8.90. The van der Waals surface area contributed by atoms with Gasteiger partial charge in [0.25, 0.3) is 0 Å². The summed E-state index contributed by atoms with van der Waals surface area (Å²) in [4.78, 5) is 8.21. The summed E-state index contributed by atoms with van der Waals surface area (Å²) in [6, 6.07) is 13.1. The molecule has 6 nitrogen and oxygen atoms in total. The monoisotopic (exact) mass is 427 g/mol. The zero-order valence-electron chi connectivity index (χ0n) is 15.9. The molecule has 1 heterocycles. The fraction of sp³-hybridized carbons (Fsp3) is 0.190. The molecule has 0 aliphatic rings. The lowest BCUT2D eigenvalue weighted by molar-refractivity contribution is 0.328. The van der Waals surface area contributed by atoms with Gasteiger partial charge in [0.15, 0.2) is 5.82 Å². The number of aromatic nitrogens is 2. The van der Waals surface area contributed by atoms with Gasteiger partial charge in [-0.3, -0.25) is 0 Å². The van der Waals surface area contributed by atoms with Crippen molar-refractivity contribution in [2.75, 3.05) is 17.7 Å². The molecule has 3 rings (SSSR count). The van der Waals surface area contributed by atoms with Crippen LogP contribution in [0.4, 0.5) is 17.2 Å². The predicted octanol–water partition coefficient (Wildman–Crippen LogP) is 5.47. The Morgan fingerprint density at radius 1 is 1.21 bits per heavy atom. The zero-order valence-corrected chi connectivity index (χ0v) is 17.4. The molecule has 3 aromatic rings. The van der Waals surface area contributed by atoms with E-state index in [-0.39, 0.29) is 0 Å². The first-order chi connectivity index (χ1) is 13.9. The molecule has 8 heteroatoms. The van der Waals surface area contributed by atoms with Crippen LogP contribution in [0.1, 0.15) is 29.5 Å². The molecule has 0 saturated heterocycles. The Balaban J connectivity index is 1.95. The maximum Gasteiger partial charge on any atom is 0.242 e. The zero-order chi connectivity index (χ0) is 21.0. The van der Waals surface area contributed by atoms with Crippen molar-refractivity contribution in [1.82, 2.24) is 9.97 Å². The van der Waals surface area contributed by atoms with Crippen molar-refractivity contribution in [3.05, 3.63) is 69.5 Å². The minimum atomic E-state index is -0.513. The van der Waals surface area contributed by atoms with Gasteiger partial charge < -0.3 is 15.8 Å². The van der Waals surface area contributed by atoms with Crippen molar-refractivity contribution in [2.45, 2.75) is 19.8 Å². The molecule has 29 heavy (non-hydrogen) atoms. The lowest BCUT2D eigenvalue weighted by Crippen LogP contribution is -2.06. The van der Waals surface area contributed by atoms with Crippen molar-refractivity contribution in [3.63, 3.8) is 0 Å². The number of hydrogen-bond acceptors (Lipinski definition) is 6. The van der Waals surface area contributed by atoms with Crippen LogP contribution in [0, 0.1) is 18.3 Å².